The fourth-order valence-electron chi connectivity index (χ4n) is 6.17. The van der Waals surface area contributed by atoms with E-state index < -0.39 is 62.0 Å². The molecule has 0 atom stereocenters. The van der Waals surface area contributed by atoms with Gasteiger partial charge >= 0.3 is 18.9 Å². The standard InChI is InChI=1S/C23H22F4Si.C15H14F2.C8H9ClF2Si.C4H9.Li/c1-4-5-15-6-8-16(9-7-15)18-11-13-21(23(27)22(18)26)28(2,3)17-10-12-19(24)20(25)14-17;1-2-4-11-7-9-12(10-8-11)13-5-3-6-14(16)15(13)17;1-12(2,9)6-3-4-7(10)8(11)5-6;1-3-4-2;/h6-14H,4-5H2,1-3H3;3,5-10H,2,4H2,1H3;3-5H,1-2H3;1,3-4H2,2H3;/q;;;-1;+1. The van der Waals surface area contributed by atoms with Crippen molar-refractivity contribution in [3.05, 3.63) is 180 Å². The summed E-state index contributed by atoms with van der Waals surface area (Å²) in [6.07, 6.45) is 6.31. The second-order valence-electron chi connectivity index (χ2n) is 15.5. The van der Waals surface area contributed by atoms with E-state index in [-0.39, 0.29) is 29.6 Å². The Balaban J connectivity index is 0.000000331. The van der Waals surface area contributed by atoms with Gasteiger partial charge in [-0.3, -0.25) is 0 Å². The molecule has 0 saturated heterocycles. The Morgan fingerprint density at radius 1 is 0.468 bits per heavy atom. The van der Waals surface area contributed by atoms with Gasteiger partial charge < -0.3 is 6.92 Å². The van der Waals surface area contributed by atoms with Crippen LogP contribution in [0.15, 0.2) is 115 Å². The molecule has 0 heterocycles. The fraction of sp³-hybridized carbons (Fsp3) is 0.260. The van der Waals surface area contributed by atoms with Crippen LogP contribution in [-0.4, -0.2) is 15.5 Å². The third-order valence-corrected chi connectivity index (χ3v) is 15.7. The summed E-state index contributed by atoms with van der Waals surface area (Å²) in [5, 5.41) is 1.44. The van der Waals surface area contributed by atoms with Crippen LogP contribution in [-0.2, 0) is 12.8 Å². The first kappa shape index (κ1) is 54.2. The summed E-state index contributed by atoms with van der Waals surface area (Å²) in [4.78, 5) is 0. The van der Waals surface area contributed by atoms with Crippen LogP contribution in [0.1, 0.15) is 57.6 Å². The van der Waals surface area contributed by atoms with Crippen molar-refractivity contribution in [2.24, 2.45) is 0 Å². The van der Waals surface area contributed by atoms with Crippen molar-refractivity contribution in [2.75, 3.05) is 0 Å². The minimum atomic E-state index is -2.75. The van der Waals surface area contributed by atoms with Crippen LogP contribution in [0.4, 0.5) is 35.1 Å². The Kier molecular flexibility index (Phi) is 22.2. The SMILES string of the molecule is CCCc1ccc(-c2ccc([Si](C)(C)c3ccc(F)c(F)c3)c(F)c2F)cc1.CCCc1ccc(-c2cccc(F)c2F)cc1.C[Si](C)(Cl)c1ccc(F)c(F)c1.[CH2-]CCC.[Li+]. The number of hydrogen-bond acceptors (Lipinski definition) is 0. The predicted octanol–water partition coefficient (Wildman–Crippen LogP) is 11.5. The summed E-state index contributed by atoms with van der Waals surface area (Å²) < 4.78 is 109. The number of rotatable bonds is 10. The van der Waals surface area contributed by atoms with Gasteiger partial charge in [0.15, 0.2) is 53.9 Å². The number of benzene rings is 6. The normalized spacial score (nSPS) is 10.9. The molecular weight excluding hydrogens is 851 g/mol. The van der Waals surface area contributed by atoms with Crippen molar-refractivity contribution < 1.29 is 54.0 Å². The molecule has 0 nitrogen and oxygen atoms in total. The second kappa shape index (κ2) is 25.4. The predicted molar refractivity (Wildman–Crippen MR) is 244 cm³/mol. The van der Waals surface area contributed by atoms with Crippen molar-refractivity contribution in [2.45, 2.75) is 85.5 Å². The first-order valence-corrected chi connectivity index (χ1v) is 27.3. The molecule has 0 bridgehead atoms. The van der Waals surface area contributed by atoms with Gasteiger partial charge in [-0.15, -0.1) is 0 Å². The van der Waals surface area contributed by atoms with Crippen LogP contribution in [0.3, 0.4) is 0 Å². The summed E-state index contributed by atoms with van der Waals surface area (Å²) in [6.45, 7) is 17.2. The zero-order chi connectivity index (χ0) is 45.5. The molecule has 62 heavy (non-hydrogen) atoms. The molecule has 0 fully saturated rings. The summed E-state index contributed by atoms with van der Waals surface area (Å²) in [5.74, 6) is -7.01. The molecule has 6 aromatic rings. The fourth-order valence-corrected chi connectivity index (χ4v) is 9.93. The number of unbranched alkanes of at least 4 members (excludes halogenated alkanes) is 1. The van der Waals surface area contributed by atoms with Crippen molar-refractivity contribution in [1.82, 2.24) is 0 Å². The average Bonchev–Trinajstić information content (AvgIpc) is 3.23. The smallest absolute Gasteiger partial charge is 0.343 e. The van der Waals surface area contributed by atoms with Crippen molar-refractivity contribution in [1.29, 1.82) is 0 Å². The molecule has 6 aromatic carbocycles. The minimum absolute atomic E-state index is 0. The van der Waals surface area contributed by atoms with E-state index in [1.54, 1.807) is 43.4 Å². The summed E-state index contributed by atoms with van der Waals surface area (Å²) in [7, 11) is -4.77. The molecule has 0 aliphatic heterocycles. The molecular formula is C50H54ClF8LiSi2. The van der Waals surface area contributed by atoms with Gasteiger partial charge in [-0.25, -0.2) is 35.1 Å². The van der Waals surface area contributed by atoms with E-state index in [0.717, 1.165) is 61.9 Å². The molecule has 0 saturated carbocycles. The van der Waals surface area contributed by atoms with Crippen molar-refractivity contribution >= 4 is 42.1 Å². The molecule has 0 amide bonds. The number of aryl methyl sites for hydroxylation is 2. The van der Waals surface area contributed by atoms with Crippen LogP contribution >= 0.6 is 11.1 Å². The summed E-state index contributed by atoms with van der Waals surface area (Å²) >= 11 is 6.03. The van der Waals surface area contributed by atoms with Crippen molar-refractivity contribution in [3.63, 3.8) is 0 Å². The monoisotopic (exact) mass is 904 g/mol. The number of hydrogen-bond donors (Lipinski definition) is 0. The molecule has 0 radical (unpaired) electrons. The summed E-state index contributed by atoms with van der Waals surface area (Å²) in [6, 6.07) is 29.8. The van der Waals surface area contributed by atoms with Crippen LogP contribution in [0.5, 0.6) is 0 Å². The molecule has 0 aromatic heterocycles. The molecule has 326 valence electrons. The van der Waals surface area contributed by atoms with E-state index in [9.17, 15) is 30.7 Å². The summed E-state index contributed by atoms with van der Waals surface area (Å²) in [5.41, 5.74) is 4.19. The molecule has 0 unspecified atom stereocenters. The van der Waals surface area contributed by atoms with Gasteiger partial charge in [-0.2, -0.15) is 17.5 Å². The zero-order valence-corrected chi connectivity index (χ0v) is 39.6. The Hall–Kier alpha value is -3.92. The third-order valence-electron chi connectivity index (χ3n) is 9.92. The van der Waals surface area contributed by atoms with Crippen LogP contribution in [0.2, 0.25) is 26.2 Å². The maximum absolute atomic E-state index is 15.0. The average molecular weight is 906 g/mol. The largest absolute Gasteiger partial charge is 1.00 e. The Bertz CT molecular complexity index is 2310. The van der Waals surface area contributed by atoms with Crippen LogP contribution in [0, 0.1) is 53.5 Å². The van der Waals surface area contributed by atoms with Gasteiger partial charge in [0.25, 0.3) is 0 Å². The Labute approximate surface area is 381 Å². The van der Waals surface area contributed by atoms with E-state index >= 15 is 4.39 Å². The quantitative estimate of drug-likeness (QED) is 0.0556. The molecule has 6 rings (SSSR count). The van der Waals surface area contributed by atoms with Crippen LogP contribution < -0.4 is 34.4 Å². The van der Waals surface area contributed by atoms with Gasteiger partial charge in [0.05, 0.1) is 0 Å². The first-order valence-electron chi connectivity index (χ1n) is 20.3. The Morgan fingerprint density at radius 3 is 1.32 bits per heavy atom. The Morgan fingerprint density at radius 2 is 0.903 bits per heavy atom. The van der Waals surface area contributed by atoms with Gasteiger partial charge in [-0.1, -0.05) is 156 Å². The maximum atomic E-state index is 15.0. The molecule has 0 aliphatic rings. The molecule has 12 heteroatoms. The first-order chi connectivity index (χ1) is 28.8. The van der Waals surface area contributed by atoms with E-state index in [0.29, 0.717) is 27.1 Å². The van der Waals surface area contributed by atoms with Gasteiger partial charge in [0.1, 0.15) is 8.07 Å². The molecule has 0 spiro atoms. The van der Waals surface area contributed by atoms with Gasteiger partial charge in [-0.05, 0) is 75.8 Å². The molecule has 0 aliphatic carbocycles. The van der Waals surface area contributed by atoms with E-state index in [4.69, 9.17) is 11.1 Å². The van der Waals surface area contributed by atoms with E-state index in [1.165, 1.54) is 36.2 Å². The van der Waals surface area contributed by atoms with Crippen molar-refractivity contribution in [3.8, 4) is 22.3 Å². The van der Waals surface area contributed by atoms with E-state index in [2.05, 4.69) is 27.7 Å². The van der Waals surface area contributed by atoms with Gasteiger partial charge in [0, 0.05) is 11.1 Å². The van der Waals surface area contributed by atoms with Gasteiger partial charge in [0.2, 0.25) is 0 Å². The van der Waals surface area contributed by atoms with E-state index in [1.807, 2.05) is 49.5 Å². The number of halogens is 9. The molecule has 0 N–H and O–H groups in total. The topological polar surface area (TPSA) is 0 Å². The minimum Gasteiger partial charge on any atom is -0.343 e. The van der Waals surface area contributed by atoms with Crippen LogP contribution in [0.25, 0.3) is 22.3 Å². The third kappa shape index (κ3) is 15.1. The second-order valence-corrected chi connectivity index (χ2v) is 26.2. The maximum Gasteiger partial charge on any atom is 1.00 e. The zero-order valence-electron chi connectivity index (χ0n) is 36.8.